The van der Waals surface area contributed by atoms with Gasteiger partial charge >= 0.3 is 0 Å². The molecule has 0 aliphatic carbocycles. The van der Waals surface area contributed by atoms with E-state index in [4.69, 9.17) is 4.74 Å². The first-order chi connectivity index (χ1) is 10.6. The quantitative estimate of drug-likeness (QED) is 0.792. The van der Waals surface area contributed by atoms with Gasteiger partial charge in [0.05, 0.1) is 13.0 Å². The van der Waals surface area contributed by atoms with Gasteiger partial charge < -0.3 is 15.4 Å². The van der Waals surface area contributed by atoms with Gasteiger partial charge in [0, 0.05) is 39.3 Å². The Morgan fingerprint density at radius 2 is 1.91 bits per heavy atom. The van der Waals surface area contributed by atoms with Gasteiger partial charge in [0.2, 0.25) is 5.91 Å². The van der Waals surface area contributed by atoms with Crippen LogP contribution in [0.2, 0.25) is 0 Å². The van der Waals surface area contributed by atoms with Crippen LogP contribution >= 0.6 is 0 Å². The van der Waals surface area contributed by atoms with Gasteiger partial charge in [0.25, 0.3) is 0 Å². The summed E-state index contributed by atoms with van der Waals surface area (Å²) in [5.74, 6) is 0.894. The van der Waals surface area contributed by atoms with Crippen LogP contribution in [-0.4, -0.2) is 56.7 Å². The molecule has 0 atom stereocenters. The Balaban J connectivity index is 1.59. The van der Waals surface area contributed by atoms with Crippen molar-refractivity contribution in [3.05, 3.63) is 29.3 Å². The highest BCUT2D eigenvalue weighted by atomic mass is 16.5. The SMILES string of the molecule is Cc1cc(C)cc(OCCC(=O)NCCN2CCNCC2)c1. The Morgan fingerprint density at radius 1 is 1.23 bits per heavy atom. The molecule has 1 aliphatic rings. The van der Waals surface area contributed by atoms with Crippen LogP contribution in [0.4, 0.5) is 0 Å². The Kier molecular flexibility index (Phi) is 6.68. The molecule has 1 saturated heterocycles. The highest BCUT2D eigenvalue weighted by Gasteiger charge is 2.09. The van der Waals surface area contributed by atoms with Crippen LogP contribution in [-0.2, 0) is 4.79 Å². The van der Waals surface area contributed by atoms with E-state index in [9.17, 15) is 4.79 Å². The molecule has 5 heteroatoms. The number of amides is 1. The maximum atomic E-state index is 11.8. The molecule has 5 nitrogen and oxygen atoms in total. The summed E-state index contributed by atoms with van der Waals surface area (Å²) in [5, 5.41) is 6.28. The first-order valence-electron chi connectivity index (χ1n) is 8.04. The second-order valence-corrected chi connectivity index (χ2v) is 5.86. The minimum absolute atomic E-state index is 0.0551. The Labute approximate surface area is 133 Å². The molecular formula is C17H27N3O2. The third kappa shape index (κ3) is 6.03. The number of carbonyl (C=O) groups is 1. The number of carbonyl (C=O) groups excluding carboxylic acids is 1. The van der Waals surface area contributed by atoms with Crippen LogP contribution < -0.4 is 15.4 Å². The van der Waals surface area contributed by atoms with Crippen LogP contribution in [0.1, 0.15) is 17.5 Å². The van der Waals surface area contributed by atoms with Crippen molar-refractivity contribution in [2.75, 3.05) is 45.9 Å². The molecule has 1 aromatic carbocycles. The number of aryl methyl sites for hydroxylation is 2. The molecule has 0 saturated carbocycles. The fourth-order valence-electron chi connectivity index (χ4n) is 2.65. The van der Waals surface area contributed by atoms with E-state index in [-0.39, 0.29) is 5.91 Å². The van der Waals surface area contributed by atoms with Crippen molar-refractivity contribution in [1.29, 1.82) is 0 Å². The Morgan fingerprint density at radius 3 is 2.59 bits per heavy atom. The van der Waals surface area contributed by atoms with Crippen LogP contribution in [0.5, 0.6) is 5.75 Å². The van der Waals surface area contributed by atoms with Crippen LogP contribution in [0.25, 0.3) is 0 Å². The third-order valence-corrected chi connectivity index (χ3v) is 3.75. The fourth-order valence-corrected chi connectivity index (χ4v) is 2.65. The van der Waals surface area contributed by atoms with E-state index in [1.807, 2.05) is 26.0 Å². The molecule has 2 N–H and O–H groups in total. The first-order valence-corrected chi connectivity index (χ1v) is 8.04. The predicted molar refractivity (Wildman–Crippen MR) is 88.3 cm³/mol. The molecule has 0 aromatic heterocycles. The summed E-state index contributed by atoms with van der Waals surface area (Å²) in [6.45, 7) is 10.3. The van der Waals surface area contributed by atoms with Crippen LogP contribution in [0, 0.1) is 13.8 Å². The third-order valence-electron chi connectivity index (χ3n) is 3.75. The zero-order chi connectivity index (χ0) is 15.8. The molecule has 0 spiro atoms. The second-order valence-electron chi connectivity index (χ2n) is 5.86. The number of nitrogens with zero attached hydrogens (tertiary/aromatic N) is 1. The minimum atomic E-state index is 0.0551. The lowest BCUT2D eigenvalue weighted by molar-refractivity contribution is -0.121. The zero-order valence-electron chi connectivity index (χ0n) is 13.7. The first kappa shape index (κ1) is 16.8. The molecule has 1 amide bonds. The van der Waals surface area contributed by atoms with E-state index < -0.39 is 0 Å². The van der Waals surface area contributed by atoms with Crippen molar-refractivity contribution in [2.24, 2.45) is 0 Å². The topological polar surface area (TPSA) is 53.6 Å². The van der Waals surface area contributed by atoms with Gasteiger partial charge in [-0.05, 0) is 37.1 Å². The largest absolute Gasteiger partial charge is 0.493 e. The molecule has 1 fully saturated rings. The molecule has 22 heavy (non-hydrogen) atoms. The average Bonchev–Trinajstić information content (AvgIpc) is 2.47. The summed E-state index contributed by atoms with van der Waals surface area (Å²) >= 11 is 0. The Bertz CT molecular complexity index is 465. The number of nitrogens with one attached hydrogen (secondary N) is 2. The van der Waals surface area contributed by atoms with E-state index in [1.54, 1.807) is 0 Å². The number of rotatable bonds is 7. The van der Waals surface area contributed by atoms with Gasteiger partial charge in [-0.2, -0.15) is 0 Å². The molecule has 122 valence electrons. The highest BCUT2D eigenvalue weighted by Crippen LogP contribution is 2.16. The van der Waals surface area contributed by atoms with Gasteiger partial charge in [-0.25, -0.2) is 0 Å². The summed E-state index contributed by atoms with van der Waals surface area (Å²) < 4.78 is 5.66. The van der Waals surface area contributed by atoms with E-state index in [1.165, 1.54) is 11.1 Å². The summed E-state index contributed by atoms with van der Waals surface area (Å²) in [5.41, 5.74) is 2.35. The molecule has 1 aromatic rings. The van der Waals surface area contributed by atoms with Crippen LogP contribution in [0.3, 0.4) is 0 Å². The monoisotopic (exact) mass is 305 g/mol. The number of piperazine rings is 1. The summed E-state index contributed by atoms with van der Waals surface area (Å²) in [7, 11) is 0. The van der Waals surface area contributed by atoms with Crippen molar-refractivity contribution >= 4 is 5.91 Å². The summed E-state index contributed by atoms with van der Waals surface area (Å²) in [6.07, 6.45) is 0.397. The van der Waals surface area contributed by atoms with Gasteiger partial charge in [-0.3, -0.25) is 9.69 Å². The van der Waals surface area contributed by atoms with Gasteiger partial charge in [-0.15, -0.1) is 0 Å². The molecule has 0 radical (unpaired) electrons. The van der Waals surface area contributed by atoms with E-state index in [0.717, 1.165) is 38.5 Å². The van der Waals surface area contributed by atoms with Crippen molar-refractivity contribution in [1.82, 2.24) is 15.5 Å². The smallest absolute Gasteiger partial charge is 0.223 e. The van der Waals surface area contributed by atoms with Crippen molar-refractivity contribution in [3.63, 3.8) is 0 Å². The fraction of sp³-hybridized carbons (Fsp3) is 0.588. The number of hydrogen-bond acceptors (Lipinski definition) is 4. The molecular weight excluding hydrogens is 278 g/mol. The predicted octanol–water partition coefficient (Wildman–Crippen LogP) is 1.09. The molecule has 0 bridgehead atoms. The maximum Gasteiger partial charge on any atom is 0.223 e. The van der Waals surface area contributed by atoms with Crippen molar-refractivity contribution < 1.29 is 9.53 Å². The second kappa shape index (κ2) is 8.76. The highest BCUT2D eigenvalue weighted by molar-refractivity contribution is 5.75. The van der Waals surface area contributed by atoms with E-state index in [0.29, 0.717) is 19.6 Å². The average molecular weight is 305 g/mol. The molecule has 1 heterocycles. The normalized spacial score (nSPS) is 15.5. The lowest BCUT2D eigenvalue weighted by atomic mass is 10.1. The van der Waals surface area contributed by atoms with Crippen LogP contribution in [0.15, 0.2) is 18.2 Å². The van der Waals surface area contributed by atoms with Gasteiger partial charge in [0.1, 0.15) is 5.75 Å². The van der Waals surface area contributed by atoms with Gasteiger partial charge in [-0.1, -0.05) is 6.07 Å². The number of hydrogen-bond donors (Lipinski definition) is 2. The van der Waals surface area contributed by atoms with Gasteiger partial charge in [0.15, 0.2) is 0 Å². The van der Waals surface area contributed by atoms with E-state index >= 15 is 0 Å². The minimum Gasteiger partial charge on any atom is -0.493 e. The lowest BCUT2D eigenvalue weighted by Gasteiger charge is -2.27. The molecule has 1 aliphatic heterocycles. The maximum absolute atomic E-state index is 11.8. The summed E-state index contributed by atoms with van der Waals surface area (Å²) in [6, 6.07) is 6.10. The summed E-state index contributed by atoms with van der Waals surface area (Å²) in [4.78, 5) is 14.2. The lowest BCUT2D eigenvalue weighted by Crippen LogP contribution is -2.46. The number of benzene rings is 1. The standard InChI is InChI=1S/C17H27N3O2/c1-14-11-15(2)13-16(12-14)22-10-3-17(21)19-6-9-20-7-4-18-5-8-20/h11-13,18H,3-10H2,1-2H3,(H,19,21). The van der Waals surface area contributed by atoms with E-state index in [2.05, 4.69) is 21.6 Å². The molecule has 2 rings (SSSR count). The Hall–Kier alpha value is -1.59. The van der Waals surface area contributed by atoms with Crippen molar-refractivity contribution in [2.45, 2.75) is 20.3 Å². The molecule has 0 unspecified atom stereocenters. The zero-order valence-corrected chi connectivity index (χ0v) is 13.7. The van der Waals surface area contributed by atoms with Crippen molar-refractivity contribution in [3.8, 4) is 5.75 Å². The number of ether oxygens (including phenoxy) is 1.